The van der Waals surface area contributed by atoms with E-state index in [9.17, 15) is 9.59 Å². The van der Waals surface area contributed by atoms with Crippen molar-refractivity contribution in [1.29, 1.82) is 0 Å². The van der Waals surface area contributed by atoms with Crippen LogP contribution < -0.4 is 5.73 Å². The Morgan fingerprint density at radius 2 is 1.91 bits per heavy atom. The molecule has 2 N–H and O–H groups in total. The van der Waals surface area contributed by atoms with Gasteiger partial charge in [-0.25, -0.2) is 9.59 Å². The number of amides is 1. The minimum absolute atomic E-state index is 0.174. The van der Waals surface area contributed by atoms with Crippen LogP contribution >= 0.6 is 0 Å². The Bertz CT molecular complexity index is 553. The molecule has 1 aromatic carbocycles. The van der Waals surface area contributed by atoms with Crippen molar-refractivity contribution < 1.29 is 19.1 Å². The Kier molecular flexibility index (Phi) is 5.26. The van der Waals surface area contributed by atoms with Crippen LogP contribution in [-0.4, -0.2) is 41.2 Å². The van der Waals surface area contributed by atoms with Gasteiger partial charge >= 0.3 is 12.1 Å². The third-order valence-corrected chi connectivity index (χ3v) is 3.46. The van der Waals surface area contributed by atoms with Gasteiger partial charge in [-0.15, -0.1) is 0 Å². The summed E-state index contributed by atoms with van der Waals surface area (Å²) in [6, 6.07) is 8.45. The van der Waals surface area contributed by atoms with Crippen molar-refractivity contribution in [1.82, 2.24) is 4.90 Å². The average Bonchev–Trinajstić information content (AvgIpc) is 2.86. The fourth-order valence-corrected chi connectivity index (χ4v) is 2.44. The zero-order valence-corrected chi connectivity index (χ0v) is 13.8. The van der Waals surface area contributed by atoms with E-state index in [1.54, 1.807) is 20.8 Å². The molecule has 2 atom stereocenters. The van der Waals surface area contributed by atoms with Gasteiger partial charge in [-0.2, -0.15) is 0 Å². The van der Waals surface area contributed by atoms with Crippen molar-refractivity contribution in [3.63, 3.8) is 0 Å². The van der Waals surface area contributed by atoms with Crippen molar-refractivity contribution in [2.75, 3.05) is 6.54 Å². The number of carbonyl (C=O) groups is 2. The van der Waals surface area contributed by atoms with Crippen LogP contribution in [0.5, 0.6) is 0 Å². The molecule has 23 heavy (non-hydrogen) atoms. The molecule has 0 saturated carbocycles. The number of rotatable bonds is 3. The van der Waals surface area contributed by atoms with Gasteiger partial charge in [0.05, 0.1) is 0 Å². The van der Waals surface area contributed by atoms with Crippen LogP contribution in [0.4, 0.5) is 4.79 Å². The van der Waals surface area contributed by atoms with Gasteiger partial charge in [-0.05, 0) is 32.8 Å². The molecule has 1 aliphatic rings. The standard InChI is InChI=1S/C17H24N2O4/c1-17(2,3)23-16(21)19-10-13(18)9-14(19)15(20)22-11-12-7-5-4-6-8-12/h4-8,13-14H,9-11,18H2,1-3H3/t13-,14+/m0/s1. The van der Waals surface area contributed by atoms with E-state index in [1.807, 2.05) is 30.3 Å². The largest absolute Gasteiger partial charge is 0.459 e. The van der Waals surface area contributed by atoms with Crippen molar-refractivity contribution in [3.05, 3.63) is 35.9 Å². The summed E-state index contributed by atoms with van der Waals surface area (Å²) in [6.07, 6.45) is -0.153. The van der Waals surface area contributed by atoms with Crippen LogP contribution in [-0.2, 0) is 20.9 Å². The number of hydrogen-bond donors (Lipinski definition) is 1. The summed E-state index contributed by atoms with van der Waals surface area (Å²) in [4.78, 5) is 25.9. The first-order valence-corrected chi connectivity index (χ1v) is 7.72. The quantitative estimate of drug-likeness (QED) is 0.862. The van der Waals surface area contributed by atoms with Crippen LogP contribution in [0.3, 0.4) is 0 Å². The first kappa shape index (κ1) is 17.3. The van der Waals surface area contributed by atoms with Gasteiger partial charge in [0.1, 0.15) is 18.2 Å². The molecule has 0 radical (unpaired) electrons. The molecule has 6 heteroatoms. The van der Waals surface area contributed by atoms with Gasteiger partial charge < -0.3 is 15.2 Å². The van der Waals surface area contributed by atoms with Gasteiger partial charge in [0.15, 0.2) is 0 Å². The third kappa shape index (κ3) is 4.96. The summed E-state index contributed by atoms with van der Waals surface area (Å²) in [6.45, 7) is 5.81. The van der Waals surface area contributed by atoms with Crippen LogP contribution in [0.2, 0.25) is 0 Å². The first-order chi connectivity index (χ1) is 10.8. The number of hydrogen-bond acceptors (Lipinski definition) is 5. The Labute approximate surface area is 136 Å². The molecule has 0 unspecified atom stereocenters. The number of nitrogens with zero attached hydrogens (tertiary/aromatic N) is 1. The van der Waals surface area contributed by atoms with E-state index in [0.717, 1.165) is 5.56 Å². The maximum absolute atomic E-state index is 12.3. The predicted molar refractivity (Wildman–Crippen MR) is 85.6 cm³/mol. The molecule has 1 saturated heterocycles. The molecule has 1 fully saturated rings. The van der Waals surface area contributed by atoms with E-state index in [4.69, 9.17) is 15.2 Å². The highest BCUT2D eigenvalue weighted by Crippen LogP contribution is 2.21. The van der Waals surface area contributed by atoms with E-state index in [1.165, 1.54) is 4.90 Å². The van der Waals surface area contributed by atoms with Gasteiger partial charge in [-0.3, -0.25) is 4.90 Å². The molecule has 1 aliphatic heterocycles. The summed E-state index contributed by atoms with van der Waals surface area (Å²) >= 11 is 0. The maximum atomic E-state index is 12.3. The second kappa shape index (κ2) is 7.00. The lowest BCUT2D eigenvalue weighted by molar-refractivity contribution is -0.150. The van der Waals surface area contributed by atoms with E-state index in [-0.39, 0.29) is 12.6 Å². The van der Waals surface area contributed by atoms with Crippen LogP contribution in [0.25, 0.3) is 0 Å². The smallest absolute Gasteiger partial charge is 0.411 e. The Balaban J connectivity index is 1.98. The molecule has 126 valence electrons. The Hall–Kier alpha value is -2.08. The Morgan fingerprint density at radius 3 is 2.52 bits per heavy atom. The van der Waals surface area contributed by atoms with Gasteiger partial charge in [-0.1, -0.05) is 30.3 Å². The molecule has 0 aromatic heterocycles. The molecule has 2 rings (SSSR count). The summed E-state index contributed by atoms with van der Waals surface area (Å²) in [7, 11) is 0. The zero-order valence-electron chi connectivity index (χ0n) is 13.8. The highest BCUT2D eigenvalue weighted by Gasteiger charge is 2.41. The van der Waals surface area contributed by atoms with Crippen LogP contribution in [0.1, 0.15) is 32.8 Å². The number of esters is 1. The van der Waals surface area contributed by atoms with E-state index in [2.05, 4.69) is 0 Å². The zero-order chi connectivity index (χ0) is 17.0. The highest BCUT2D eigenvalue weighted by molar-refractivity contribution is 5.82. The van der Waals surface area contributed by atoms with Crippen molar-refractivity contribution in [3.8, 4) is 0 Å². The lowest BCUT2D eigenvalue weighted by atomic mass is 10.2. The molecule has 1 aromatic rings. The fraction of sp³-hybridized carbons (Fsp3) is 0.529. The molecule has 6 nitrogen and oxygen atoms in total. The number of nitrogens with two attached hydrogens (primary N) is 1. The summed E-state index contributed by atoms with van der Waals surface area (Å²) in [5, 5.41) is 0. The predicted octanol–water partition coefficient (Wildman–Crippen LogP) is 2.07. The second-order valence-electron chi connectivity index (χ2n) is 6.74. The summed E-state index contributed by atoms with van der Waals surface area (Å²) < 4.78 is 10.7. The summed E-state index contributed by atoms with van der Waals surface area (Å²) in [5.41, 5.74) is 6.18. The van der Waals surface area contributed by atoms with Gasteiger partial charge in [0.2, 0.25) is 0 Å². The van der Waals surface area contributed by atoms with E-state index in [0.29, 0.717) is 13.0 Å². The molecular formula is C17H24N2O4. The number of benzene rings is 1. The molecule has 0 aliphatic carbocycles. The van der Waals surface area contributed by atoms with Crippen molar-refractivity contribution in [2.24, 2.45) is 5.73 Å². The number of carbonyl (C=O) groups excluding carboxylic acids is 2. The number of likely N-dealkylation sites (tertiary alicyclic amines) is 1. The molecule has 1 heterocycles. The maximum Gasteiger partial charge on any atom is 0.411 e. The van der Waals surface area contributed by atoms with Crippen molar-refractivity contribution >= 4 is 12.1 Å². The minimum atomic E-state index is -0.691. The normalized spacial score (nSPS) is 21.1. The van der Waals surface area contributed by atoms with Crippen molar-refractivity contribution in [2.45, 2.75) is 51.5 Å². The Morgan fingerprint density at radius 1 is 1.26 bits per heavy atom. The molecule has 0 bridgehead atoms. The number of ether oxygens (including phenoxy) is 2. The lowest BCUT2D eigenvalue weighted by Gasteiger charge is -2.27. The summed E-state index contributed by atoms with van der Waals surface area (Å²) in [5.74, 6) is -0.451. The highest BCUT2D eigenvalue weighted by atomic mass is 16.6. The third-order valence-electron chi connectivity index (χ3n) is 3.46. The van der Waals surface area contributed by atoms with E-state index >= 15 is 0 Å². The SMILES string of the molecule is CC(C)(C)OC(=O)N1C[C@@H](N)C[C@@H]1C(=O)OCc1ccccc1. The molecule has 0 spiro atoms. The fourth-order valence-electron chi connectivity index (χ4n) is 2.44. The van der Waals surface area contributed by atoms with Gasteiger partial charge in [0, 0.05) is 12.6 Å². The first-order valence-electron chi connectivity index (χ1n) is 7.72. The average molecular weight is 320 g/mol. The van der Waals surface area contributed by atoms with Gasteiger partial charge in [0.25, 0.3) is 0 Å². The molecule has 1 amide bonds. The molecular weight excluding hydrogens is 296 g/mol. The van der Waals surface area contributed by atoms with Crippen LogP contribution in [0.15, 0.2) is 30.3 Å². The van der Waals surface area contributed by atoms with E-state index < -0.39 is 23.7 Å². The lowest BCUT2D eigenvalue weighted by Crippen LogP contribution is -2.44. The topological polar surface area (TPSA) is 81.9 Å². The second-order valence-corrected chi connectivity index (χ2v) is 6.74. The monoisotopic (exact) mass is 320 g/mol. The minimum Gasteiger partial charge on any atom is -0.459 e. The van der Waals surface area contributed by atoms with Crippen LogP contribution in [0, 0.1) is 0 Å².